The van der Waals surface area contributed by atoms with E-state index in [1.165, 1.54) is 11.1 Å². The van der Waals surface area contributed by atoms with Crippen LogP contribution in [0.15, 0.2) is 42.5 Å². The van der Waals surface area contributed by atoms with E-state index in [-0.39, 0.29) is 29.8 Å². The number of amides is 2. The number of hydrogen-bond donors (Lipinski definition) is 3. The highest BCUT2D eigenvalue weighted by molar-refractivity contribution is 6.03. The van der Waals surface area contributed by atoms with Crippen LogP contribution in [0.1, 0.15) is 60.8 Å². The Kier molecular flexibility index (Phi) is 6.98. The summed E-state index contributed by atoms with van der Waals surface area (Å²) in [6.07, 6.45) is 2.14. The van der Waals surface area contributed by atoms with E-state index in [0.717, 1.165) is 29.7 Å². The van der Waals surface area contributed by atoms with Gasteiger partial charge in [-0.3, -0.25) is 9.59 Å². The number of benzene rings is 2. The Labute approximate surface area is 188 Å². The Morgan fingerprint density at radius 3 is 2.25 bits per heavy atom. The standard InChI is InChI=1S/C25H31N5O2/c1-5-17-11-12-20(14-18(17)6-2)28-21(31)13-16-7-9-19(10-8-16)23-22(25(27)32)24(26)30(29-23)15(3)4/h7-12,14-15H,5-6,13,26H2,1-4H3,(H2,27,32)(H,28,31). The molecule has 0 aliphatic carbocycles. The lowest BCUT2D eigenvalue weighted by atomic mass is 10.0. The van der Waals surface area contributed by atoms with Gasteiger partial charge in [-0.1, -0.05) is 44.2 Å². The maximum atomic E-state index is 12.6. The van der Waals surface area contributed by atoms with Crippen LogP contribution in [0.4, 0.5) is 11.5 Å². The largest absolute Gasteiger partial charge is 0.383 e. The van der Waals surface area contributed by atoms with Gasteiger partial charge in [-0.15, -0.1) is 0 Å². The zero-order valence-corrected chi connectivity index (χ0v) is 19.1. The molecule has 0 radical (unpaired) electrons. The second-order valence-corrected chi connectivity index (χ2v) is 8.12. The number of primary amides is 1. The third kappa shape index (κ3) is 4.82. The molecule has 7 nitrogen and oxygen atoms in total. The van der Waals surface area contributed by atoms with E-state index in [1.807, 2.05) is 50.2 Å². The minimum Gasteiger partial charge on any atom is -0.383 e. The van der Waals surface area contributed by atoms with Gasteiger partial charge in [0, 0.05) is 17.3 Å². The number of nitrogens with one attached hydrogen (secondary N) is 1. The van der Waals surface area contributed by atoms with Gasteiger partial charge in [0.25, 0.3) is 5.91 Å². The van der Waals surface area contributed by atoms with Crippen LogP contribution in [0.3, 0.4) is 0 Å². The van der Waals surface area contributed by atoms with Gasteiger partial charge < -0.3 is 16.8 Å². The Morgan fingerprint density at radius 2 is 1.69 bits per heavy atom. The lowest BCUT2D eigenvalue weighted by molar-refractivity contribution is -0.115. The molecule has 3 aromatic rings. The van der Waals surface area contributed by atoms with Gasteiger partial charge in [0.1, 0.15) is 17.1 Å². The van der Waals surface area contributed by atoms with Crippen molar-refractivity contribution in [1.29, 1.82) is 0 Å². The molecule has 0 spiro atoms. The predicted molar refractivity (Wildman–Crippen MR) is 129 cm³/mol. The van der Waals surface area contributed by atoms with Crippen molar-refractivity contribution < 1.29 is 9.59 Å². The number of nitrogens with two attached hydrogens (primary N) is 2. The molecule has 0 bridgehead atoms. The van der Waals surface area contributed by atoms with Crippen LogP contribution in [0.5, 0.6) is 0 Å². The Hall–Kier alpha value is -3.61. The number of aromatic nitrogens is 2. The summed E-state index contributed by atoms with van der Waals surface area (Å²) in [5, 5.41) is 7.47. The molecular formula is C25H31N5O2. The van der Waals surface area contributed by atoms with E-state index < -0.39 is 5.91 Å². The predicted octanol–water partition coefficient (Wildman–Crippen LogP) is 4.12. The van der Waals surface area contributed by atoms with Crippen LogP contribution in [-0.2, 0) is 24.1 Å². The molecule has 2 aromatic carbocycles. The molecule has 168 valence electrons. The van der Waals surface area contributed by atoms with Gasteiger partial charge in [0.2, 0.25) is 5.91 Å². The first-order chi connectivity index (χ1) is 15.2. The summed E-state index contributed by atoms with van der Waals surface area (Å²) < 4.78 is 1.59. The third-order valence-corrected chi connectivity index (χ3v) is 5.53. The second-order valence-electron chi connectivity index (χ2n) is 8.12. The Morgan fingerprint density at radius 1 is 1.03 bits per heavy atom. The molecule has 1 heterocycles. The van der Waals surface area contributed by atoms with Crippen LogP contribution >= 0.6 is 0 Å². The van der Waals surface area contributed by atoms with Crippen LogP contribution in [0, 0.1) is 0 Å². The first-order valence-corrected chi connectivity index (χ1v) is 10.9. The SMILES string of the molecule is CCc1ccc(NC(=O)Cc2ccc(-c3nn(C(C)C)c(N)c3C(N)=O)cc2)cc1CC. The van der Waals surface area contributed by atoms with Crippen LogP contribution in [0.2, 0.25) is 0 Å². The minimum absolute atomic E-state index is 0.00978. The summed E-state index contributed by atoms with van der Waals surface area (Å²) in [7, 11) is 0. The first-order valence-electron chi connectivity index (χ1n) is 10.9. The minimum atomic E-state index is -0.617. The van der Waals surface area contributed by atoms with E-state index in [4.69, 9.17) is 11.5 Å². The molecule has 0 atom stereocenters. The Bertz CT molecular complexity index is 1130. The van der Waals surface area contributed by atoms with Gasteiger partial charge >= 0.3 is 0 Å². The number of nitrogen functional groups attached to an aromatic ring is 1. The lowest BCUT2D eigenvalue weighted by Gasteiger charge is -2.10. The third-order valence-electron chi connectivity index (χ3n) is 5.53. The lowest BCUT2D eigenvalue weighted by Crippen LogP contribution is -2.15. The van der Waals surface area contributed by atoms with Gasteiger partial charge in [0.05, 0.1) is 6.42 Å². The van der Waals surface area contributed by atoms with Crippen molar-refractivity contribution in [1.82, 2.24) is 9.78 Å². The molecule has 5 N–H and O–H groups in total. The van der Waals surface area contributed by atoms with Gasteiger partial charge in [-0.2, -0.15) is 5.10 Å². The zero-order valence-electron chi connectivity index (χ0n) is 19.1. The molecule has 0 fully saturated rings. The fourth-order valence-corrected chi connectivity index (χ4v) is 3.83. The molecule has 0 saturated carbocycles. The first kappa shape index (κ1) is 23.1. The highest BCUT2D eigenvalue weighted by Gasteiger charge is 2.22. The average Bonchev–Trinajstić information content (AvgIpc) is 3.11. The molecule has 0 saturated heterocycles. The number of rotatable bonds is 8. The summed E-state index contributed by atoms with van der Waals surface area (Å²) in [5.41, 5.74) is 17.2. The van der Waals surface area contributed by atoms with E-state index in [1.54, 1.807) is 4.68 Å². The molecule has 2 amide bonds. The molecule has 0 aliphatic rings. The highest BCUT2D eigenvalue weighted by atomic mass is 16.2. The quantitative estimate of drug-likeness (QED) is 0.495. The van der Waals surface area contributed by atoms with E-state index >= 15 is 0 Å². The number of carbonyl (C=O) groups excluding carboxylic acids is 2. The van der Waals surface area contributed by atoms with Crippen LogP contribution in [-0.4, -0.2) is 21.6 Å². The number of aryl methyl sites for hydroxylation is 2. The van der Waals surface area contributed by atoms with Crippen molar-refractivity contribution in [2.75, 3.05) is 11.1 Å². The van der Waals surface area contributed by atoms with E-state index in [2.05, 4.69) is 30.3 Å². The van der Waals surface area contributed by atoms with Crippen molar-refractivity contribution in [3.8, 4) is 11.3 Å². The van der Waals surface area contributed by atoms with Crippen LogP contribution in [0.25, 0.3) is 11.3 Å². The maximum absolute atomic E-state index is 12.6. The number of nitrogens with zero attached hydrogens (tertiary/aromatic N) is 2. The van der Waals surface area contributed by atoms with E-state index in [0.29, 0.717) is 5.69 Å². The van der Waals surface area contributed by atoms with Crippen molar-refractivity contribution in [3.05, 3.63) is 64.7 Å². The summed E-state index contributed by atoms with van der Waals surface area (Å²) >= 11 is 0. The second kappa shape index (κ2) is 9.68. The number of hydrogen-bond acceptors (Lipinski definition) is 4. The van der Waals surface area contributed by atoms with Crippen LogP contribution < -0.4 is 16.8 Å². The highest BCUT2D eigenvalue weighted by Crippen LogP contribution is 2.29. The van der Waals surface area contributed by atoms with Crippen molar-refractivity contribution >= 4 is 23.3 Å². The van der Waals surface area contributed by atoms with E-state index in [9.17, 15) is 9.59 Å². The van der Waals surface area contributed by atoms with Gasteiger partial charge in [0.15, 0.2) is 0 Å². The van der Waals surface area contributed by atoms with Crippen molar-refractivity contribution in [2.45, 2.75) is 53.0 Å². The number of carbonyl (C=O) groups is 2. The fourth-order valence-electron chi connectivity index (χ4n) is 3.83. The smallest absolute Gasteiger partial charge is 0.254 e. The molecule has 0 unspecified atom stereocenters. The topological polar surface area (TPSA) is 116 Å². The van der Waals surface area contributed by atoms with Gasteiger partial charge in [-0.05, 0) is 55.5 Å². The maximum Gasteiger partial charge on any atom is 0.254 e. The average molecular weight is 434 g/mol. The summed E-state index contributed by atoms with van der Waals surface area (Å²) in [6.45, 7) is 8.10. The zero-order chi connectivity index (χ0) is 23.4. The molecule has 3 rings (SSSR count). The summed E-state index contributed by atoms with van der Waals surface area (Å²) in [6, 6.07) is 13.4. The molecule has 0 aliphatic heterocycles. The molecule has 7 heteroatoms. The normalized spacial score (nSPS) is 11.0. The fraction of sp³-hybridized carbons (Fsp3) is 0.320. The molecule has 32 heavy (non-hydrogen) atoms. The van der Waals surface area contributed by atoms with Gasteiger partial charge in [-0.25, -0.2) is 4.68 Å². The Balaban J connectivity index is 1.76. The van der Waals surface area contributed by atoms with Crippen molar-refractivity contribution in [3.63, 3.8) is 0 Å². The summed E-state index contributed by atoms with van der Waals surface area (Å²) in [5.74, 6) is -0.449. The number of anilines is 2. The van der Waals surface area contributed by atoms with Crippen molar-refractivity contribution in [2.24, 2.45) is 5.73 Å². The molecule has 1 aromatic heterocycles. The summed E-state index contributed by atoms with van der Waals surface area (Å²) in [4.78, 5) is 24.5. The monoisotopic (exact) mass is 433 g/mol. The molecular weight excluding hydrogens is 402 g/mol.